The summed E-state index contributed by atoms with van der Waals surface area (Å²) in [6, 6.07) is 18.9. The molecule has 0 aromatic heterocycles. The number of Topliss-reactive ketones (excluding diaryl/α,β-unsaturated/α-hetero) is 1. The van der Waals surface area contributed by atoms with Gasteiger partial charge in [0.2, 0.25) is 0 Å². The van der Waals surface area contributed by atoms with Gasteiger partial charge in [0.15, 0.2) is 5.78 Å². The van der Waals surface area contributed by atoms with Crippen molar-refractivity contribution in [2.75, 3.05) is 13.1 Å². The topological polar surface area (TPSA) is 20.3 Å². The van der Waals surface area contributed by atoms with Gasteiger partial charge >= 0.3 is 0 Å². The molecular formula is C22H23NO. The van der Waals surface area contributed by atoms with E-state index in [0.29, 0.717) is 18.1 Å². The first-order chi connectivity index (χ1) is 11.8. The molecule has 122 valence electrons. The summed E-state index contributed by atoms with van der Waals surface area (Å²) in [4.78, 5) is 14.9. The van der Waals surface area contributed by atoms with Gasteiger partial charge in [-0.05, 0) is 47.1 Å². The molecule has 2 aromatic rings. The molecule has 2 aromatic carbocycles. The van der Waals surface area contributed by atoms with Crippen molar-refractivity contribution >= 4 is 11.9 Å². The van der Waals surface area contributed by atoms with E-state index in [-0.39, 0.29) is 0 Å². The van der Waals surface area contributed by atoms with Gasteiger partial charge in [0.25, 0.3) is 0 Å². The van der Waals surface area contributed by atoms with Gasteiger partial charge in [-0.15, -0.1) is 0 Å². The molecule has 0 bridgehead atoms. The molecule has 1 unspecified atom stereocenters. The molecule has 1 heterocycles. The van der Waals surface area contributed by atoms with Crippen LogP contribution < -0.4 is 0 Å². The molecule has 0 N–H and O–H groups in total. The molecule has 2 heteroatoms. The van der Waals surface area contributed by atoms with Crippen molar-refractivity contribution in [3.8, 4) is 0 Å². The van der Waals surface area contributed by atoms with Crippen molar-refractivity contribution < 1.29 is 4.79 Å². The fraction of sp³-hybridized carbons (Fsp3) is 0.318. The fourth-order valence-electron chi connectivity index (χ4n) is 3.98. The van der Waals surface area contributed by atoms with E-state index in [1.54, 1.807) is 0 Å². The van der Waals surface area contributed by atoms with Crippen LogP contribution >= 0.6 is 0 Å². The van der Waals surface area contributed by atoms with E-state index >= 15 is 0 Å². The fourth-order valence-corrected chi connectivity index (χ4v) is 3.98. The second kappa shape index (κ2) is 6.74. The van der Waals surface area contributed by atoms with E-state index in [1.807, 2.05) is 18.2 Å². The second-order valence-corrected chi connectivity index (χ2v) is 7.03. The maximum atomic E-state index is 12.3. The molecular weight excluding hydrogens is 294 g/mol. The monoisotopic (exact) mass is 317 g/mol. The van der Waals surface area contributed by atoms with E-state index in [1.165, 1.54) is 11.1 Å². The third kappa shape index (κ3) is 3.34. The van der Waals surface area contributed by atoms with E-state index in [9.17, 15) is 4.79 Å². The Balaban J connectivity index is 1.41. The Morgan fingerprint density at radius 2 is 1.71 bits per heavy atom. The number of fused-ring (bicyclic) bond motifs is 1. The number of hydrogen-bond donors (Lipinski definition) is 0. The maximum Gasteiger partial charge on any atom is 0.159 e. The molecule has 4 rings (SSSR count). The van der Waals surface area contributed by atoms with Crippen molar-refractivity contribution in [3.05, 3.63) is 76.9 Å². The first kappa shape index (κ1) is 15.3. The number of nitrogens with zero attached hydrogens (tertiary/aromatic N) is 1. The predicted molar refractivity (Wildman–Crippen MR) is 97.6 cm³/mol. The summed E-state index contributed by atoms with van der Waals surface area (Å²) >= 11 is 0. The van der Waals surface area contributed by atoms with Gasteiger partial charge in [0, 0.05) is 26.1 Å². The summed E-state index contributed by atoms with van der Waals surface area (Å²) in [6.45, 7) is 3.17. The van der Waals surface area contributed by atoms with Gasteiger partial charge in [0.05, 0.1) is 0 Å². The van der Waals surface area contributed by atoms with Crippen LogP contribution in [-0.4, -0.2) is 23.8 Å². The number of ketones is 1. The van der Waals surface area contributed by atoms with Crippen LogP contribution in [-0.2, 0) is 17.8 Å². The Hall–Kier alpha value is -2.19. The lowest BCUT2D eigenvalue weighted by Crippen LogP contribution is -2.34. The van der Waals surface area contributed by atoms with Crippen LogP contribution in [0.1, 0.15) is 29.5 Å². The highest BCUT2D eigenvalue weighted by Gasteiger charge is 2.29. The van der Waals surface area contributed by atoms with Crippen LogP contribution in [0.2, 0.25) is 0 Å². The Kier molecular flexibility index (Phi) is 4.31. The zero-order valence-electron chi connectivity index (χ0n) is 13.9. The van der Waals surface area contributed by atoms with E-state index < -0.39 is 0 Å². The second-order valence-electron chi connectivity index (χ2n) is 7.03. The minimum Gasteiger partial charge on any atom is -0.298 e. The molecule has 2 aliphatic rings. The average molecular weight is 317 g/mol. The van der Waals surface area contributed by atoms with Gasteiger partial charge in [0.1, 0.15) is 0 Å². The van der Waals surface area contributed by atoms with Crippen LogP contribution in [0, 0.1) is 5.92 Å². The van der Waals surface area contributed by atoms with Gasteiger partial charge in [-0.25, -0.2) is 0 Å². The van der Waals surface area contributed by atoms with Crippen molar-refractivity contribution in [2.45, 2.75) is 25.8 Å². The summed E-state index contributed by atoms with van der Waals surface area (Å²) in [5.41, 5.74) is 5.08. The standard InChI is InChI=1S/C22H23NO/c24-22-14-18(13-21(22)12-17-6-2-1-3-7-17)15-23-11-10-19-8-4-5-9-20(19)16-23/h1-9,12,18H,10-11,13-16H2/b21-12-. The SMILES string of the molecule is O=C1CC(CN2CCc3ccccc3C2)C/C1=C/c1ccccc1. The summed E-state index contributed by atoms with van der Waals surface area (Å²) < 4.78 is 0. The molecule has 24 heavy (non-hydrogen) atoms. The van der Waals surface area contributed by atoms with E-state index in [4.69, 9.17) is 0 Å². The lowest BCUT2D eigenvalue weighted by Gasteiger charge is -2.30. The van der Waals surface area contributed by atoms with Crippen LogP contribution in [0.5, 0.6) is 0 Å². The summed E-state index contributed by atoms with van der Waals surface area (Å²) in [5.74, 6) is 0.805. The number of benzene rings is 2. The molecule has 0 saturated heterocycles. The maximum absolute atomic E-state index is 12.3. The Morgan fingerprint density at radius 3 is 2.54 bits per heavy atom. The number of allylic oxidation sites excluding steroid dienone is 1. The third-order valence-electron chi connectivity index (χ3n) is 5.21. The minimum atomic E-state index is 0.335. The highest BCUT2D eigenvalue weighted by Crippen LogP contribution is 2.31. The third-order valence-corrected chi connectivity index (χ3v) is 5.21. The zero-order valence-corrected chi connectivity index (χ0v) is 13.9. The summed E-state index contributed by atoms with van der Waals surface area (Å²) in [5, 5.41) is 0. The predicted octanol–water partition coefficient (Wildman–Crippen LogP) is 4.11. The lowest BCUT2D eigenvalue weighted by atomic mass is 9.98. The van der Waals surface area contributed by atoms with Crippen LogP contribution in [0.4, 0.5) is 0 Å². The summed E-state index contributed by atoms with van der Waals surface area (Å²) in [6.07, 6.45) is 4.83. The van der Waals surface area contributed by atoms with Crippen molar-refractivity contribution in [2.24, 2.45) is 5.92 Å². The highest BCUT2D eigenvalue weighted by molar-refractivity contribution is 6.01. The van der Waals surface area contributed by atoms with Crippen LogP contribution in [0.15, 0.2) is 60.2 Å². The first-order valence-electron chi connectivity index (χ1n) is 8.86. The number of carbonyl (C=O) groups excluding carboxylic acids is 1. The van der Waals surface area contributed by atoms with Crippen molar-refractivity contribution in [3.63, 3.8) is 0 Å². The molecule has 1 atom stereocenters. The first-order valence-corrected chi connectivity index (χ1v) is 8.86. The van der Waals surface area contributed by atoms with Crippen LogP contribution in [0.25, 0.3) is 6.08 Å². The molecule has 0 spiro atoms. The van der Waals surface area contributed by atoms with Gasteiger partial charge in [-0.1, -0.05) is 54.6 Å². The smallest absolute Gasteiger partial charge is 0.159 e. The van der Waals surface area contributed by atoms with E-state index in [2.05, 4.69) is 47.4 Å². The molecule has 1 saturated carbocycles. The zero-order chi connectivity index (χ0) is 16.4. The molecule has 1 aliphatic carbocycles. The Labute approximate surface area is 143 Å². The van der Waals surface area contributed by atoms with Crippen molar-refractivity contribution in [1.82, 2.24) is 4.90 Å². The van der Waals surface area contributed by atoms with Gasteiger partial charge < -0.3 is 0 Å². The van der Waals surface area contributed by atoms with Gasteiger partial charge in [-0.2, -0.15) is 0 Å². The molecule has 2 nitrogen and oxygen atoms in total. The molecule has 1 fully saturated rings. The normalized spacial score (nSPS) is 22.8. The average Bonchev–Trinajstić information content (AvgIpc) is 2.95. The van der Waals surface area contributed by atoms with Gasteiger partial charge in [-0.3, -0.25) is 9.69 Å². The minimum absolute atomic E-state index is 0.335. The summed E-state index contributed by atoms with van der Waals surface area (Å²) in [7, 11) is 0. The van der Waals surface area contributed by atoms with Crippen molar-refractivity contribution in [1.29, 1.82) is 0 Å². The molecule has 0 radical (unpaired) electrons. The lowest BCUT2D eigenvalue weighted by molar-refractivity contribution is -0.114. The number of rotatable bonds is 3. The molecule has 1 aliphatic heterocycles. The Bertz CT molecular complexity index is 763. The number of carbonyl (C=O) groups is 1. The largest absolute Gasteiger partial charge is 0.298 e. The highest BCUT2D eigenvalue weighted by atomic mass is 16.1. The molecule has 0 amide bonds. The number of hydrogen-bond acceptors (Lipinski definition) is 2. The quantitative estimate of drug-likeness (QED) is 0.794. The van der Waals surface area contributed by atoms with Crippen LogP contribution in [0.3, 0.4) is 0 Å². The Morgan fingerprint density at radius 1 is 0.958 bits per heavy atom. The van der Waals surface area contributed by atoms with E-state index in [0.717, 1.165) is 43.6 Å².